The van der Waals surface area contributed by atoms with Crippen LogP contribution in [0.25, 0.3) is 0 Å². The number of hydrogen-bond acceptors (Lipinski definition) is 4. The third-order valence-corrected chi connectivity index (χ3v) is 4.68. The zero-order valence-corrected chi connectivity index (χ0v) is 13.0. The average Bonchev–Trinajstić information content (AvgIpc) is 2.32. The molecule has 19 heavy (non-hydrogen) atoms. The Morgan fingerprint density at radius 1 is 1.42 bits per heavy atom. The third kappa shape index (κ3) is 3.78. The quantitative estimate of drug-likeness (QED) is 0.899. The molecule has 1 aliphatic heterocycles. The number of halogens is 1. The van der Waals surface area contributed by atoms with Gasteiger partial charge in [-0.2, -0.15) is 11.8 Å². The van der Waals surface area contributed by atoms with Gasteiger partial charge < -0.3 is 15.1 Å². The number of rotatable bonds is 3. The molecule has 1 aromatic rings. The maximum Gasteiger partial charge on any atom is 0.115 e. The van der Waals surface area contributed by atoms with E-state index in [0.29, 0.717) is 0 Å². The predicted octanol–water partition coefficient (Wildman–Crippen LogP) is 2.32. The van der Waals surface area contributed by atoms with E-state index in [4.69, 9.17) is 0 Å². The summed E-state index contributed by atoms with van der Waals surface area (Å²) in [6.07, 6.45) is 0.750. The van der Waals surface area contributed by atoms with Gasteiger partial charge in [0.2, 0.25) is 0 Å². The number of nitrogens with zero attached hydrogens (tertiary/aromatic N) is 1. The van der Waals surface area contributed by atoms with Crippen LogP contribution >= 0.6 is 24.2 Å². The average molecular weight is 304 g/mol. The van der Waals surface area contributed by atoms with Crippen LogP contribution in [0.5, 0.6) is 5.75 Å². The SMILES string of the molecule is CN(C)C[C@H]1CSCC[C@@]1(O)c1cccc(O)c1.Cl. The molecule has 2 N–H and O–H groups in total. The normalized spacial score (nSPS) is 27.1. The van der Waals surface area contributed by atoms with Crippen LogP contribution in [0.2, 0.25) is 0 Å². The summed E-state index contributed by atoms with van der Waals surface area (Å²) in [4.78, 5) is 2.12. The highest BCUT2D eigenvalue weighted by Crippen LogP contribution is 2.41. The van der Waals surface area contributed by atoms with Gasteiger partial charge in [-0.1, -0.05) is 12.1 Å². The predicted molar refractivity (Wildman–Crippen MR) is 83.2 cm³/mol. The lowest BCUT2D eigenvalue weighted by Gasteiger charge is -2.41. The lowest BCUT2D eigenvalue weighted by atomic mass is 9.79. The number of aromatic hydroxyl groups is 1. The van der Waals surface area contributed by atoms with Crippen molar-refractivity contribution in [3.63, 3.8) is 0 Å². The van der Waals surface area contributed by atoms with E-state index in [2.05, 4.69) is 4.90 Å². The largest absolute Gasteiger partial charge is 0.508 e. The Balaban J connectivity index is 0.00000180. The molecular weight excluding hydrogens is 282 g/mol. The number of benzene rings is 1. The van der Waals surface area contributed by atoms with Gasteiger partial charge in [-0.05, 0) is 44.0 Å². The van der Waals surface area contributed by atoms with Crippen molar-refractivity contribution in [3.8, 4) is 5.75 Å². The van der Waals surface area contributed by atoms with E-state index >= 15 is 0 Å². The van der Waals surface area contributed by atoms with Gasteiger partial charge in [-0.25, -0.2) is 0 Å². The first-order valence-corrected chi connectivity index (χ1v) is 7.42. The standard InChI is InChI=1S/C14H21NO2S.ClH/c1-15(2)9-12-10-18-7-6-14(12,17)11-4-3-5-13(16)8-11;/h3-5,8,12,16-17H,6-7,9-10H2,1-2H3;1H/t12-,14+;/m0./s1. The van der Waals surface area contributed by atoms with E-state index in [1.807, 2.05) is 31.9 Å². The highest BCUT2D eigenvalue weighted by atomic mass is 35.5. The molecule has 2 atom stereocenters. The van der Waals surface area contributed by atoms with Gasteiger partial charge in [0.25, 0.3) is 0 Å². The summed E-state index contributed by atoms with van der Waals surface area (Å²) in [6, 6.07) is 7.06. The van der Waals surface area contributed by atoms with Gasteiger partial charge in [-0.3, -0.25) is 0 Å². The first-order chi connectivity index (χ1) is 8.52. The molecule has 1 aromatic carbocycles. The molecule has 5 heteroatoms. The first-order valence-electron chi connectivity index (χ1n) is 6.27. The monoisotopic (exact) mass is 303 g/mol. The molecule has 2 rings (SSSR count). The fourth-order valence-corrected chi connectivity index (χ4v) is 3.88. The van der Waals surface area contributed by atoms with Gasteiger partial charge >= 0.3 is 0 Å². The topological polar surface area (TPSA) is 43.7 Å². The van der Waals surface area contributed by atoms with Crippen LogP contribution in [0.3, 0.4) is 0 Å². The Morgan fingerprint density at radius 3 is 2.79 bits per heavy atom. The molecular formula is C14H22ClNO2S. The lowest BCUT2D eigenvalue weighted by molar-refractivity contribution is -0.0294. The fraction of sp³-hybridized carbons (Fsp3) is 0.571. The summed E-state index contributed by atoms with van der Waals surface area (Å²) in [6.45, 7) is 0.860. The zero-order valence-electron chi connectivity index (χ0n) is 11.4. The molecule has 0 aromatic heterocycles. The zero-order chi connectivity index (χ0) is 13.2. The number of phenols is 1. The van der Waals surface area contributed by atoms with Gasteiger partial charge in [-0.15, -0.1) is 12.4 Å². The van der Waals surface area contributed by atoms with Crippen LogP contribution < -0.4 is 0 Å². The van der Waals surface area contributed by atoms with E-state index in [1.54, 1.807) is 18.2 Å². The molecule has 0 saturated carbocycles. The second-order valence-electron chi connectivity index (χ2n) is 5.26. The third-order valence-electron chi connectivity index (χ3n) is 3.55. The van der Waals surface area contributed by atoms with Crippen molar-refractivity contribution < 1.29 is 10.2 Å². The summed E-state index contributed by atoms with van der Waals surface area (Å²) in [5.74, 6) is 2.36. The number of thioether (sulfide) groups is 1. The van der Waals surface area contributed by atoms with Gasteiger partial charge in [0.15, 0.2) is 0 Å². The summed E-state index contributed by atoms with van der Waals surface area (Å²) in [5.41, 5.74) is 0.0310. The van der Waals surface area contributed by atoms with E-state index < -0.39 is 5.60 Å². The van der Waals surface area contributed by atoms with Crippen LogP contribution in [0.4, 0.5) is 0 Å². The molecule has 1 aliphatic rings. The van der Waals surface area contributed by atoms with Crippen molar-refractivity contribution >= 4 is 24.2 Å². The molecule has 0 spiro atoms. The molecule has 3 nitrogen and oxygen atoms in total. The van der Waals surface area contributed by atoms with E-state index in [0.717, 1.165) is 30.0 Å². The van der Waals surface area contributed by atoms with Gasteiger partial charge in [0.05, 0.1) is 5.60 Å². The molecule has 1 fully saturated rings. The Labute approximate surface area is 125 Å². The smallest absolute Gasteiger partial charge is 0.115 e. The van der Waals surface area contributed by atoms with Crippen molar-refractivity contribution in [3.05, 3.63) is 29.8 Å². The highest BCUT2D eigenvalue weighted by molar-refractivity contribution is 7.99. The summed E-state index contributed by atoms with van der Waals surface area (Å²) < 4.78 is 0. The summed E-state index contributed by atoms with van der Waals surface area (Å²) >= 11 is 1.90. The summed E-state index contributed by atoms with van der Waals surface area (Å²) in [7, 11) is 4.06. The van der Waals surface area contributed by atoms with Gasteiger partial charge in [0.1, 0.15) is 5.75 Å². The van der Waals surface area contributed by atoms with E-state index in [9.17, 15) is 10.2 Å². The number of aliphatic hydroxyl groups is 1. The highest BCUT2D eigenvalue weighted by Gasteiger charge is 2.40. The van der Waals surface area contributed by atoms with Crippen LogP contribution in [-0.4, -0.2) is 47.3 Å². The molecule has 0 bridgehead atoms. The molecule has 108 valence electrons. The Kier molecular flexibility index (Phi) is 5.99. The van der Waals surface area contributed by atoms with E-state index in [1.165, 1.54) is 0 Å². The summed E-state index contributed by atoms with van der Waals surface area (Å²) in [5, 5.41) is 20.6. The Morgan fingerprint density at radius 2 is 2.16 bits per heavy atom. The van der Waals surface area contributed by atoms with E-state index in [-0.39, 0.29) is 24.1 Å². The number of phenolic OH excluding ortho intramolecular Hbond substituents is 1. The van der Waals surface area contributed by atoms with Crippen molar-refractivity contribution in [1.29, 1.82) is 0 Å². The van der Waals surface area contributed by atoms with Crippen LogP contribution in [0.1, 0.15) is 12.0 Å². The van der Waals surface area contributed by atoms with Crippen molar-refractivity contribution in [2.75, 3.05) is 32.1 Å². The van der Waals surface area contributed by atoms with Crippen LogP contribution in [-0.2, 0) is 5.60 Å². The number of hydrogen-bond donors (Lipinski definition) is 2. The first kappa shape index (κ1) is 16.6. The second kappa shape index (κ2) is 6.84. The van der Waals surface area contributed by atoms with Crippen molar-refractivity contribution in [2.45, 2.75) is 12.0 Å². The van der Waals surface area contributed by atoms with Crippen LogP contribution in [0, 0.1) is 5.92 Å². The molecule has 1 heterocycles. The minimum Gasteiger partial charge on any atom is -0.508 e. The van der Waals surface area contributed by atoms with Gasteiger partial charge in [0, 0.05) is 18.2 Å². The Bertz CT molecular complexity index is 416. The van der Waals surface area contributed by atoms with Crippen molar-refractivity contribution in [2.24, 2.45) is 5.92 Å². The molecule has 0 amide bonds. The van der Waals surface area contributed by atoms with Crippen LogP contribution in [0.15, 0.2) is 24.3 Å². The molecule has 0 radical (unpaired) electrons. The molecule has 1 saturated heterocycles. The minimum atomic E-state index is -0.811. The molecule has 0 unspecified atom stereocenters. The van der Waals surface area contributed by atoms with Crippen molar-refractivity contribution in [1.82, 2.24) is 4.90 Å². The lowest BCUT2D eigenvalue weighted by Crippen LogP contribution is -2.45. The molecule has 0 aliphatic carbocycles. The Hall–Kier alpha value is -0.420. The second-order valence-corrected chi connectivity index (χ2v) is 6.41. The fourth-order valence-electron chi connectivity index (χ4n) is 2.60. The maximum atomic E-state index is 11.0. The maximum absolute atomic E-state index is 11.0. The minimum absolute atomic E-state index is 0.